The molecule has 1 aromatic rings. The first-order chi connectivity index (χ1) is 6.90. The first kappa shape index (κ1) is 8.48. The van der Waals surface area contributed by atoms with Crippen LogP contribution in [0.25, 0.3) is 0 Å². The Balaban J connectivity index is 2.07. The van der Waals surface area contributed by atoms with Gasteiger partial charge in [0.25, 0.3) is 0 Å². The fourth-order valence-corrected chi connectivity index (χ4v) is 2.39. The third kappa shape index (κ3) is 1.19. The van der Waals surface area contributed by atoms with Crippen LogP contribution in [0.3, 0.4) is 0 Å². The highest BCUT2D eigenvalue weighted by Crippen LogP contribution is 2.42. The molecule has 1 fully saturated rings. The predicted molar refractivity (Wildman–Crippen MR) is 55.3 cm³/mol. The van der Waals surface area contributed by atoms with Crippen molar-refractivity contribution >= 4 is 0 Å². The van der Waals surface area contributed by atoms with Gasteiger partial charge >= 0.3 is 0 Å². The monoisotopic (exact) mass is 191 g/mol. The Morgan fingerprint density at radius 2 is 2.36 bits per heavy atom. The molecule has 0 spiro atoms. The summed E-state index contributed by atoms with van der Waals surface area (Å²) in [5, 5.41) is 8.18. The third-order valence-corrected chi connectivity index (χ3v) is 3.31. The molecule has 0 radical (unpaired) electrons. The lowest BCUT2D eigenvalue weighted by Crippen LogP contribution is -2.25. The highest BCUT2D eigenvalue weighted by atomic mass is 15.3. The number of hydrogen-bond acceptors (Lipinski definition) is 2. The first-order valence-corrected chi connectivity index (χ1v) is 5.69. The quantitative estimate of drug-likeness (QED) is 0.766. The maximum absolute atomic E-state index is 4.75. The first-order valence-electron chi connectivity index (χ1n) is 5.69. The molecule has 1 N–H and O–H groups in total. The average Bonchev–Trinajstić information content (AvgIpc) is 3.00. The lowest BCUT2D eigenvalue weighted by atomic mass is 10.0. The molecule has 14 heavy (non-hydrogen) atoms. The summed E-state index contributed by atoms with van der Waals surface area (Å²) in [6, 6.07) is 0. The molecule has 0 atom stereocenters. The minimum Gasteiger partial charge on any atom is -0.311 e. The molecule has 2 heterocycles. The van der Waals surface area contributed by atoms with Crippen LogP contribution in [0.2, 0.25) is 0 Å². The molecule has 2 aliphatic rings. The number of nitrogens with zero attached hydrogens (tertiary/aromatic N) is 2. The van der Waals surface area contributed by atoms with E-state index in [0.29, 0.717) is 0 Å². The van der Waals surface area contributed by atoms with Gasteiger partial charge in [-0.1, -0.05) is 0 Å². The van der Waals surface area contributed by atoms with Crippen LogP contribution in [0.1, 0.15) is 42.6 Å². The van der Waals surface area contributed by atoms with E-state index >= 15 is 0 Å². The molecular formula is C11H17N3. The van der Waals surface area contributed by atoms with Crippen molar-refractivity contribution in [2.45, 2.75) is 45.2 Å². The van der Waals surface area contributed by atoms with Crippen LogP contribution < -0.4 is 5.32 Å². The fourth-order valence-electron chi connectivity index (χ4n) is 2.39. The van der Waals surface area contributed by atoms with E-state index in [1.54, 1.807) is 5.56 Å². The molecule has 1 aliphatic heterocycles. The standard InChI is InChI=1S/C11H17N3/c1-2-14-10-7-12-6-5-9(10)11(13-14)8-3-4-8/h8,12H,2-7H2,1H3. The number of aryl methyl sites for hydroxylation is 1. The number of fused-ring (bicyclic) bond motifs is 1. The smallest absolute Gasteiger partial charge is 0.0691 e. The van der Waals surface area contributed by atoms with Gasteiger partial charge in [0.15, 0.2) is 0 Å². The molecule has 76 valence electrons. The molecule has 0 aromatic carbocycles. The molecule has 0 unspecified atom stereocenters. The molecule has 3 nitrogen and oxygen atoms in total. The largest absolute Gasteiger partial charge is 0.311 e. The Hall–Kier alpha value is -0.830. The summed E-state index contributed by atoms with van der Waals surface area (Å²) in [6.07, 6.45) is 3.91. The van der Waals surface area contributed by atoms with Gasteiger partial charge < -0.3 is 5.32 Å². The lowest BCUT2D eigenvalue weighted by Gasteiger charge is -2.14. The highest BCUT2D eigenvalue weighted by molar-refractivity contribution is 5.33. The fraction of sp³-hybridized carbons (Fsp3) is 0.727. The molecule has 3 heteroatoms. The van der Waals surface area contributed by atoms with Crippen LogP contribution >= 0.6 is 0 Å². The van der Waals surface area contributed by atoms with Gasteiger partial charge in [0.2, 0.25) is 0 Å². The van der Waals surface area contributed by atoms with Crippen molar-refractivity contribution in [1.29, 1.82) is 0 Å². The topological polar surface area (TPSA) is 29.9 Å². The van der Waals surface area contributed by atoms with Crippen molar-refractivity contribution < 1.29 is 0 Å². The highest BCUT2D eigenvalue weighted by Gasteiger charge is 2.31. The second-order valence-corrected chi connectivity index (χ2v) is 4.33. The van der Waals surface area contributed by atoms with E-state index < -0.39 is 0 Å². The van der Waals surface area contributed by atoms with Crippen LogP contribution in [0.4, 0.5) is 0 Å². The molecule has 1 saturated carbocycles. The summed E-state index contributed by atoms with van der Waals surface area (Å²) >= 11 is 0. The zero-order valence-electron chi connectivity index (χ0n) is 8.71. The SMILES string of the molecule is CCn1nc(C2CC2)c2c1CNCC2. The van der Waals surface area contributed by atoms with Gasteiger partial charge in [0.1, 0.15) is 0 Å². The van der Waals surface area contributed by atoms with Crippen LogP contribution in [-0.4, -0.2) is 16.3 Å². The molecule has 0 amide bonds. The third-order valence-electron chi connectivity index (χ3n) is 3.31. The second kappa shape index (κ2) is 3.09. The van der Waals surface area contributed by atoms with Crippen molar-refractivity contribution in [1.82, 2.24) is 15.1 Å². The summed E-state index contributed by atoms with van der Waals surface area (Å²) < 4.78 is 2.19. The maximum atomic E-state index is 4.75. The summed E-state index contributed by atoms with van der Waals surface area (Å²) in [5.74, 6) is 0.801. The van der Waals surface area contributed by atoms with E-state index in [1.165, 1.54) is 30.7 Å². The van der Waals surface area contributed by atoms with Crippen LogP contribution in [0.5, 0.6) is 0 Å². The predicted octanol–water partition coefficient (Wildman–Crippen LogP) is 1.43. The second-order valence-electron chi connectivity index (χ2n) is 4.33. The zero-order chi connectivity index (χ0) is 9.54. The molecular weight excluding hydrogens is 174 g/mol. The number of rotatable bonds is 2. The molecule has 1 aromatic heterocycles. The van der Waals surface area contributed by atoms with Gasteiger partial charge in [-0.2, -0.15) is 5.10 Å². The van der Waals surface area contributed by atoms with Gasteiger partial charge in [0, 0.05) is 19.0 Å². The summed E-state index contributed by atoms with van der Waals surface area (Å²) in [6.45, 7) is 5.33. The van der Waals surface area contributed by atoms with Crippen LogP contribution in [-0.2, 0) is 19.5 Å². The van der Waals surface area contributed by atoms with Crippen molar-refractivity contribution in [3.63, 3.8) is 0 Å². The van der Waals surface area contributed by atoms with Crippen LogP contribution in [0.15, 0.2) is 0 Å². The minimum absolute atomic E-state index is 0.801. The molecule has 0 saturated heterocycles. The summed E-state index contributed by atoms with van der Waals surface area (Å²) in [4.78, 5) is 0. The van der Waals surface area contributed by atoms with Crippen molar-refractivity contribution in [3.05, 3.63) is 17.0 Å². The zero-order valence-corrected chi connectivity index (χ0v) is 8.71. The van der Waals surface area contributed by atoms with Crippen molar-refractivity contribution in [3.8, 4) is 0 Å². The lowest BCUT2D eigenvalue weighted by molar-refractivity contribution is 0.559. The van der Waals surface area contributed by atoms with Gasteiger partial charge in [-0.3, -0.25) is 4.68 Å². The Bertz CT molecular complexity index is 350. The normalized spacial score (nSPS) is 20.9. The Kier molecular flexibility index (Phi) is 1.87. The number of nitrogens with one attached hydrogen (secondary N) is 1. The van der Waals surface area contributed by atoms with Gasteiger partial charge in [-0.05, 0) is 38.3 Å². The molecule has 3 rings (SSSR count). The Labute approximate surface area is 84.5 Å². The van der Waals surface area contributed by atoms with E-state index in [0.717, 1.165) is 25.6 Å². The van der Waals surface area contributed by atoms with E-state index in [9.17, 15) is 0 Å². The van der Waals surface area contributed by atoms with Gasteiger partial charge in [-0.25, -0.2) is 0 Å². The average molecular weight is 191 g/mol. The Morgan fingerprint density at radius 1 is 1.50 bits per heavy atom. The van der Waals surface area contributed by atoms with Gasteiger partial charge in [0.05, 0.1) is 11.4 Å². The summed E-state index contributed by atoms with van der Waals surface area (Å²) in [7, 11) is 0. The molecule has 1 aliphatic carbocycles. The number of aromatic nitrogens is 2. The van der Waals surface area contributed by atoms with E-state index in [1.807, 2.05) is 0 Å². The molecule has 0 bridgehead atoms. The van der Waals surface area contributed by atoms with Crippen LogP contribution in [0, 0.1) is 0 Å². The summed E-state index contributed by atoms with van der Waals surface area (Å²) in [5.41, 5.74) is 4.43. The van der Waals surface area contributed by atoms with E-state index in [-0.39, 0.29) is 0 Å². The van der Waals surface area contributed by atoms with E-state index in [2.05, 4.69) is 16.9 Å². The number of hydrogen-bond donors (Lipinski definition) is 1. The van der Waals surface area contributed by atoms with Crippen molar-refractivity contribution in [2.75, 3.05) is 6.54 Å². The minimum atomic E-state index is 0.801. The van der Waals surface area contributed by atoms with Gasteiger partial charge in [-0.15, -0.1) is 0 Å². The maximum Gasteiger partial charge on any atom is 0.0691 e. The van der Waals surface area contributed by atoms with E-state index in [4.69, 9.17) is 5.10 Å². The Morgan fingerprint density at radius 3 is 3.07 bits per heavy atom. The van der Waals surface area contributed by atoms with Crippen molar-refractivity contribution in [2.24, 2.45) is 0 Å².